The molecule has 5 rings (SSSR count). The van der Waals surface area contributed by atoms with Gasteiger partial charge in [0.25, 0.3) is 0 Å². The molecule has 0 saturated carbocycles. The van der Waals surface area contributed by atoms with Gasteiger partial charge in [0.1, 0.15) is 0 Å². The number of ether oxygens (including phenoxy) is 3. The van der Waals surface area contributed by atoms with Crippen LogP contribution in [-0.4, -0.2) is 53.8 Å². The summed E-state index contributed by atoms with van der Waals surface area (Å²) >= 11 is 0. The molecule has 2 aromatic rings. The van der Waals surface area contributed by atoms with Gasteiger partial charge in [-0.05, 0) is 37.1 Å². The Morgan fingerprint density at radius 2 is 1.97 bits per heavy atom. The van der Waals surface area contributed by atoms with Gasteiger partial charge in [0, 0.05) is 25.9 Å². The van der Waals surface area contributed by atoms with Crippen LogP contribution in [0.4, 0.5) is 0 Å². The van der Waals surface area contributed by atoms with Gasteiger partial charge in [0.15, 0.2) is 17.2 Å². The molecule has 0 unspecified atom stereocenters. The quantitative estimate of drug-likeness (QED) is 0.710. The van der Waals surface area contributed by atoms with E-state index in [2.05, 4.69) is 23.1 Å². The fraction of sp³-hybridized carbons (Fsp3) is 0.480. The summed E-state index contributed by atoms with van der Waals surface area (Å²) in [5.74, 6) is 1.69. The fourth-order valence-electron chi connectivity index (χ4n) is 5.44. The average molecular weight is 423 g/mol. The summed E-state index contributed by atoms with van der Waals surface area (Å²) < 4.78 is 17.8. The van der Waals surface area contributed by atoms with Crippen molar-refractivity contribution in [3.63, 3.8) is 0 Å². The molecule has 3 saturated heterocycles. The van der Waals surface area contributed by atoms with Crippen LogP contribution >= 0.6 is 0 Å². The third-order valence-electron chi connectivity index (χ3n) is 6.73. The highest BCUT2D eigenvalue weighted by molar-refractivity contribution is 5.82. The highest BCUT2D eigenvalue weighted by atomic mass is 16.5. The van der Waals surface area contributed by atoms with E-state index in [0.29, 0.717) is 13.0 Å². The van der Waals surface area contributed by atoms with Gasteiger partial charge in [-0.1, -0.05) is 36.4 Å². The Morgan fingerprint density at radius 3 is 2.71 bits per heavy atom. The molecule has 0 aliphatic carbocycles. The molecule has 0 aromatic heterocycles. The molecule has 0 radical (unpaired) electrons. The molecule has 6 heteroatoms. The molecule has 6 nitrogen and oxygen atoms in total. The molecule has 3 fully saturated rings. The smallest absolute Gasteiger partial charge is 0.227 e. The summed E-state index contributed by atoms with van der Waals surface area (Å²) in [6.07, 6.45) is 1.44. The SMILES string of the molecule is COc1cc(CN2CC[C@@]34OC[C@@H](c5ccccc5)N3C(=O)C[C@@H]24)ccc1OC(C)C. The van der Waals surface area contributed by atoms with Gasteiger partial charge in [0.05, 0.1) is 31.9 Å². The number of methoxy groups -OCH3 is 1. The van der Waals surface area contributed by atoms with Crippen molar-refractivity contribution in [2.75, 3.05) is 20.3 Å². The molecule has 3 heterocycles. The predicted octanol–water partition coefficient (Wildman–Crippen LogP) is 3.76. The number of likely N-dealkylation sites (tertiary alicyclic amines) is 1. The van der Waals surface area contributed by atoms with Crippen molar-refractivity contribution in [2.45, 2.75) is 57.1 Å². The number of carbonyl (C=O) groups is 1. The van der Waals surface area contributed by atoms with Crippen LogP contribution in [0.15, 0.2) is 48.5 Å². The first-order chi connectivity index (χ1) is 15.0. The van der Waals surface area contributed by atoms with Crippen molar-refractivity contribution in [2.24, 2.45) is 0 Å². The van der Waals surface area contributed by atoms with E-state index in [0.717, 1.165) is 42.1 Å². The average Bonchev–Trinajstić information content (AvgIpc) is 3.39. The second-order valence-corrected chi connectivity index (χ2v) is 8.94. The van der Waals surface area contributed by atoms with E-state index in [1.165, 1.54) is 0 Å². The predicted molar refractivity (Wildman–Crippen MR) is 117 cm³/mol. The van der Waals surface area contributed by atoms with Gasteiger partial charge in [-0.25, -0.2) is 0 Å². The number of rotatable bonds is 6. The van der Waals surface area contributed by atoms with E-state index >= 15 is 0 Å². The number of benzene rings is 2. The summed E-state index contributed by atoms with van der Waals surface area (Å²) in [6, 6.07) is 16.4. The summed E-state index contributed by atoms with van der Waals surface area (Å²) in [5, 5.41) is 0. The molecule has 0 N–H and O–H groups in total. The van der Waals surface area contributed by atoms with Crippen LogP contribution in [0.1, 0.15) is 43.9 Å². The molecule has 2 aromatic carbocycles. The molecule has 1 spiro atoms. The lowest BCUT2D eigenvalue weighted by Crippen LogP contribution is -2.48. The maximum Gasteiger partial charge on any atom is 0.227 e. The highest BCUT2D eigenvalue weighted by Crippen LogP contribution is 2.51. The lowest BCUT2D eigenvalue weighted by atomic mass is 10.0. The Bertz CT molecular complexity index is 963. The zero-order chi connectivity index (χ0) is 21.6. The molecule has 0 bridgehead atoms. The van der Waals surface area contributed by atoms with Crippen molar-refractivity contribution in [3.8, 4) is 11.5 Å². The van der Waals surface area contributed by atoms with E-state index in [9.17, 15) is 4.79 Å². The summed E-state index contributed by atoms with van der Waals surface area (Å²) in [4.78, 5) is 17.5. The van der Waals surface area contributed by atoms with Crippen molar-refractivity contribution in [3.05, 3.63) is 59.7 Å². The Morgan fingerprint density at radius 1 is 1.16 bits per heavy atom. The molecule has 31 heavy (non-hydrogen) atoms. The van der Waals surface area contributed by atoms with Crippen molar-refractivity contribution in [1.29, 1.82) is 0 Å². The number of carbonyl (C=O) groups excluding carboxylic acids is 1. The van der Waals surface area contributed by atoms with Crippen LogP contribution < -0.4 is 9.47 Å². The first-order valence-corrected chi connectivity index (χ1v) is 11.1. The van der Waals surface area contributed by atoms with Gasteiger partial charge in [0.2, 0.25) is 5.91 Å². The van der Waals surface area contributed by atoms with Crippen molar-refractivity contribution < 1.29 is 19.0 Å². The van der Waals surface area contributed by atoms with Crippen LogP contribution in [0.25, 0.3) is 0 Å². The monoisotopic (exact) mass is 422 g/mol. The Balaban J connectivity index is 1.36. The standard InChI is InChI=1S/C25H30N2O4/c1-17(2)31-21-10-9-18(13-22(21)29-3)15-26-12-11-25-23(26)14-24(28)27(25)20(16-30-25)19-7-5-4-6-8-19/h4-10,13,17,20,23H,11-12,14-16H2,1-3H3/t20-,23+,25-/m0/s1. The second-order valence-electron chi connectivity index (χ2n) is 8.94. The van der Waals surface area contributed by atoms with Gasteiger partial charge < -0.3 is 19.1 Å². The minimum atomic E-state index is -0.498. The zero-order valence-corrected chi connectivity index (χ0v) is 18.4. The molecule has 1 amide bonds. The molecule has 164 valence electrons. The van der Waals surface area contributed by atoms with Crippen LogP contribution in [0.2, 0.25) is 0 Å². The topological polar surface area (TPSA) is 51.2 Å². The lowest BCUT2D eigenvalue weighted by molar-refractivity contribution is -0.138. The molecule has 3 aliphatic rings. The van der Waals surface area contributed by atoms with E-state index < -0.39 is 5.72 Å². The third-order valence-corrected chi connectivity index (χ3v) is 6.73. The molecular weight excluding hydrogens is 392 g/mol. The fourth-order valence-corrected chi connectivity index (χ4v) is 5.44. The second kappa shape index (κ2) is 7.84. The van der Waals surface area contributed by atoms with E-state index in [-0.39, 0.29) is 24.1 Å². The lowest BCUT2D eigenvalue weighted by Gasteiger charge is -2.33. The Kier molecular flexibility index (Phi) is 5.15. The number of nitrogens with zero attached hydrogens (tertiary/aromatic N) is 2. The van der Waals surface area contributed by atoms with Crippen molar-refractivity contribution >= 4 is 5.91 Å². The molecule has 3 atom stereocenters. The third kappa shape index (κ3) is 3.38. The molecular formula is C25H30N2O4. The van der Waals surface area contributed by atoms with Crippen LogP contribution in [0.3, 0.4) is 0 Å². The first-order valence-electron chi connectivity index (χ1n) is 11.1. The molecule has 3 aliphatic heterocycles. The largest absolute Gasteiger partial charge is 0.493 e. The van der Waals surface area contributed by atoms with Crippen LogP contribution in [0, 0.1) is 0 Å². The van der Waals surface area contributed by atoms with E-state index in [1.807, 2.05) is 49.1 Å². The maximum absolute atomic E-state index is 13.1. The number of amides is 1. The minimum absolute atomic E-state index is 0.00575. The Labute approximate surface area is 183 Å². The summed E-state index contributed by atoms with van der Waals surface area (Å²) in [6.45, 7) is 6.23. The van der Waals surface area contributed by atoms with E-state index in [1.54, 1.807) is 7.11 Å². The van der Waals surface area contributed by atoms with Crippen LogP contribution in [0.5, 0.6) is 11.5 Å². The van der Waals surface area contributed by atoms with Crippen LogP contribution in [-0.2, 0) is 16.1 Å². The summed E-state index contributed by atoms with van der Waals surface area (Å²) in [7, 11) is 1.67. The first kappa shape index (κ1) is 20.3. The minimum Gasteiger partial charge on any atom is -0.493 e. The zero-order valence-electron chi connectivity index (χ0n) is 18.4. The van der Waals surface area contributed by atoms with Gasteiger partial charge >= 0.3 is 0 Å². The number of hydrogen-bond donors (Lipinski definition) is 0. The summed E-state index contributed by atoms with van der Waals surface area (Å²) in [5.41, 5.74) is 1.80. The number of hydrogen-bond acceptors (Lipinski definition) is 5. The highest BCUT2D eigenvalue weighted by Gasteiger charge is 2.64. The Hall–Kier alpha value is -2.57. The van der Waals surface area contributed by atoms with E-state index in [4.69, 9.17) is 14.2 Å². The van der Waals surface area contributed by atoms with Crippen molar-refractivity contribution in [1.82, 2.24) is 9.80 Å². The maximum atomic E-state index is 13.1. The van der Waals surface area contributed by atoms with Gasteiger partial charge in [-0.15, -0.1) is 0 Å². The van der Waals surface area contributed by atoms with Gasteiger partial charge in [-0.3, -0.25) is 9.69 Å². The normalized spacial score (nSPS) is 27.6. The van der Waals surface area contributed by atoms with Gasteiger partial charge in [-0.2, -0.15) is 0 Å².